The predicted octanol–water partition coefficient (Wildman–Crippen LogP) is 5.42. The molecule has 0 atom stereocenters. The number of aromatic nitrogens is 7. The van der Waals surface area contributed by atoms with Gasteiger partial charge in [-0.2, -0.15) is 5.10 Å². The summed E-state index contributed by atoms with van der Waals surface area (Å²) in [5.41, 5.74) is 5.21. The molecule has 0 saturated heterocycles. The highest BCUT2D eigenvalue weighted by Gasteiger charge is 2.22. The lowest BCUT2D eigenvalue weighted by Crippen LogP contribution is -2.14. The van der Waals surface area contributed by atoms with Crippen LogP contribution >= 0.6 is 0 Å². The number of hydrogen-bond donors (Lipinski definition) is 1. The van der Waals surface area contributed by atoms with E-state index in [-0.39, 0.29) is 18.0 Å². The van der Waals surface area contributed by atoms with Crippen LogP contribution in [0.2, 0.25) is 0 Å². The summed E-state index contributed by atoms with van der Waals surface area (Å²) in [6, 6.07) is 12.0. The van der Waals surface area contributed by atoms with Crippen molar-refractivity contribution in [1.29, 1.82) is 0 Å². The van der Waals surface area contributed by atoms with Gasteiger partial charge in [0, 0.05) is 47.5 Å². The average molecular weight is 483 g/mol. The van der Waals surface area contributed by atoms with Crippen LogP contribution in [0.5, 0.6) is 0 Å². The highest BCUT2D eigenvalue weighted by molar-refractivity contribution is 6.15. The number of anilines is 1. The molecule has 36 heavy (non-hydrogen) atoms. The number of rotatable bonds is 6. The third kappa shape index (κ3) is 3.96. The van der Waals surface area contributed by atoms with Crippen molar-refractivity contribution in [3.8, 4) is 22.6 Å². The normalized spacial score (nSPS) is 11.7. The molecular weight excluding hydrogens is 452 g/mol. The van der Waals surface area contributed by atoms with Crippen molar-refractivity contribution in [3.05, 3.63) is 66.4 Å². The first kappa shape index (κ1) is 23.5. The molecule has 0 radical (unpaired) electrons. The molecule has 0 unspecified atom stereocenters. The molecule has 0 spiro atoms. The number of hydrogen-bond acceptors (Lipinski definition) is 5. The fourth-order valence-corrected chi connectivity index (χ4v) is 4.53. The summed E-state index contributed by atoms with van der Waals surface area (Å²) in [7, 11) is 1.99. The highest BCUT2D eigenvalue weighted by atomic mass is 16.1. The molecule has 184 valence electrons. The Labute approximate surface area is 209 Å². The number of amides is 1. The van der Waals surface area contributed by atoms with Crippen LogP contribution in [0.25, 0.3) is 33.5 Å². The molecule has 0 saturated carbocycles. The molecular formula is C27H30N8O. The molecule has 5 rings (SSSR count). The number of carbonyl (C=O) groups excluding carboxylic acids is 1. The molecule has 5 aromatic rings. The number of aryl methyl sites for hydroxylation is 1. The fourth-order valence-electron chi connectivity index (χ4n) is 4.53. The van der Waals surface area contributed by atoms with Crippen LogP contribution in [-0.2, 0) is 7.05 Å². The van der Waals surface area contributed by atoms with Gasteiger partial charge >= 0.3 is 0 Å². The third-order valence-electron chi connectivity index (χ3n) is 6.52. The zero-order chi connectivity index (χ0) is 25.6. The Hall–Kier alpha value is -4.27. The van der Waals surface area contributed by atoms with Crippen LogP contribution in [0.4, 0.5) is 5.82 Å². The molecule has 4 aromatic heterocycles. The first-order chi connectivity index (χ1) is 17.3. The van der Waals surface area contributed by atoms with Gasteiger partial charge in [-0.25, -0.2) is 4.98 Å². The summed E-state index contributed by atoms with van der Waals surface area (Å²) in [6.07, 6.45) is 5.61. The van der Waals surface area contributed by atoms with E-state index in [1.807, 2.05) is 59.9 Å². The summed E-state index contributed by atoms with van der Waals surface area (Å²) < 4.78 is 5.96. The number of fused-ring (bicyclic) bond motifs is 1. The van der Waals surface area contributed by atoms with E-state index in [2.05, 4.69) is 63.9 Å². The number of benzene rings is 1. The van der Waals surface area contributed by atoms with Crippen molar-refractivity contribution in [1.82, 2.24) is 34.1 Å². The van der Waals surface area contributed by atoms with Gasteiger partial charge in [0.2, 0.25) is 0 Å². The monoisotopic (exact) mass is 482 g/mol. The first-order valence-corrected chi connectivity index (χ1v) is 12.1. The van der Waals surface area contributed by atoms with Gasteiger partial charge in [-0.1, -0.05) is 24.3 Å². The van der Waals surface area contributed by atoms with Gasteiger partial charge in [0.25, 0.3) is 5.91 Å². The minimum atomic E-state index is -0.205. The minimum absolute atomic E-state index is 0.190. The van der Waals surface area contributed by atoms with Gasteiger partial charge in [-0.15, -0.1) is 10.2 Å². The Morgan fingerprint density at radius 2 is 1.81 bits per heavy atom. The maximum Gasteiger partial charge on any atom is 0.259 e. The van der Waals surface area contributed by atoms with Crippen molar-refractivity contribution in [3.63, 3.8) is 0 Å². The molecule has 0 fully saturated rings. The van der Waals surface area contributed by atoms with Crippen molar-refractivity contribution in [2.45, 2.75) is 46.7 Å². The Bertz CT molecular complexity index is 1570. The van der Waals surface area contributed by atoms with E-state index in [9.17, 15) is 4.79 Å². The summed E-state index contributed by atoms with van der Waals surface area (Å²) in [4.78, 5) is 18.2. The summed E-state index contributed by atoms with van der Waals surface area (Å²) in [6.45, 7) is 10.3. The van der Waals surface area contributed by atoms with E-state index in [1.54, 1.807) is 12.4 Å². The lowest BCUT2D eigenvalue weighted by Gasteiger charge is -2.11. The predicted molar refractivity (Wildman–Crippen MR) is 141 cm³/mol. The van der Waals surface area contributed by atoms with Crippen molar-refractivity contribution >= 4 is 22.6 Å². The third-order valence-corrected chi connectivity index (χ3v) is 6.52. The van der Waals surface area contributed by atoms with E-state index in [0.29, 0.717) is 22.9 Å². The zero-order valence-corrected chi connectivity index (χ0v) is 21.4. The Morgan fingerprint density at radius 1 is 1.03 bits per heavy atom. The standard InChI is InChI=1S/C27H30N8O/c1-16(2)34-15-28-32-26(34)22-11-8-12-23(30-22)31-27(36)24-18(5)33(6)25-20(9-7-10-21(24)25)19-13-29-35(14-19)17(3)4/h7-17H,1-6H3,(H,30,31,36). The second-order valence-electron chi connectivity index (χ2n) is 9.54. The van der Waals surface area contributed by atoms with Crippen LogP contribution in [0.1, 0.15) is 55.8 Å². The summed E-state index contributed by atoms with van der Waals surface area (Å²) in [5, 5.41) is 16.6. The molecule has 9 nitrogen and oxygen atoms in total. The largest absolute Gasteiger partial charge is 0.347 e. The molecule has 0 aliphatic rings. The fraction of sp³-hybridized carbons (Fsp3) is 0.296. The van der Waals surface area contributed by atoms with Crippen LogP contribution in [-0.4, -0.2) is 40.0 Å². The smallest absolute Gasteiger partial charge is 0.259 e. The summed E-state index contributed by atoms with van der Waals surface area (Å²) >= 11 is 0. The van der Waals surface area contributed by atoms with Crippen molar-refractivity contribution < 1.29 is 4.79 Å². The van der Waals surface area contributed by atoms with Crippen molar-refractivity contribution in [2.75, 3.05) is 5.32 Å². The molecule has 1 N–H and O–H groups in total. The van der Waals surface area contributed by atoms with Crippen LogP contribution in [0, 0.1) is 6.92 Å². The van der Waals surface area contributed by atoms with Gasteiger partial charge in [-0.3, -0.25) is 9.48 Å². The van der Waals surface area contributed by atoms with Gasteiger partial charge in [0.1, 0.15) is 17.8 Å². The molecule has 0 aliphatic carbocycles. The van der Waals surface area contributed by atoms with Crippen LogP contribution in [0.15, 0.2) is 55.1 Å². The number of para-hydroxylation sites is 1. The topological polar surface area (TPSA) is 95.5 Å². The van der Waals surface area contributed by atoms with E-state index in [4.69, 9.17) is 0 Å². The lowest BCUT2D eigenvalue weighted by molar-refractivity contribution is 0.102. The number of pyridine rings is 1. The second-order valence-corrected chi connectivity index (χ2v) is 9.54. The van der Waals surface area contributed by atoms with E-state index >= 15 is 0 Å². The Morgan fingerprint density at radius 3 is 2.53 bits per heavy atom. The zero-order valence-electron chi connectivity index (χ0n) is 21.4. The van der Waals surface area contributed by atoms with Crippen LogP contribution < -0.4 is 5.32 Å². The molecule has 1 amide bonds. The maximum atomic E-state index is 13.6. The SMILES string of the molecule is Cc1c(C(=O)Nc2cccc(-c3nncn3C(C)C)n2)c2cccc(-c3cnn(C(C)C)c3)c2n1C. The molecule has 9 heteroatoms. The van der Waals surface area contributed by atoms with E-state index < -0.39 is 0 Å². The molecule has 0 aliphatic heterocycles. The maximum absolute atomic E-state index is 13.6. The quantitative estimate of drug-likeness (QED) is 0.349. The Balaban J connectivity index is 1.52. The molecule has 0 bridgehead atoms. The van der Waals surface area contributed by atoms with Gasteiger partial charge in [0.05, 0.1) is 17.3 Å². The first-order valence-electron chi connectivity index (χ1n) is 12.1. The van der Waals surface area contributed by atoms with Gasteiger partial charge < -0.3 is 14.5 Å². The number of nitrogens with zero attached hydrogens (tertiary/aromatic N) is 7. The van der Waals surface area contributed by atoms with E-state index in [0.717, 1.165) is 27.7 Å². The van der Waals surface area contributed by atoms with Crippen LogP contribution in [0.3, 0.4) is 0 Å². The molecule has 4 heterocycles. The number of nitrogens with one attached hydrogen (secondary N) is 1. The highest BCUT2D eigenvalue weighted by Crippen LogP contribution is 2.34. The molecule has 1 aromatic carbocycles. The second kappa shape index (κ2) is 9.07. The van der Waals surface area contributed by atoms with E-state index in [1.165, 1.54) is 0 Å². The van der Waals surface area contributed by atoms with Gasteiger partial charge in [-0.05, 0) is 46.8 Å². The lowest BCUT2D eigenvalue weighted by atomic mass is 10.0. The van der Waals surface area contributed by atoms with Gasteiger partial charge in [0.15, 0.2) is 5.82 Å². The summed E-state index contributed by atoms with van der Waals surface area (Å²) in [5.74, 6) is 0.915. The number of carbonyl (C=O) groups is 1. The van der Waals surface area contributed by atoms with Crippen molar-refractivity contribution in [2.24, 2.45) is 7.05 Å². The minimum Gasteiger partial charge on any atom is -0.347 e. The average Bonchev–Trinajstić information content (AvgIpc) is 3.58. The Kier molecular flexibility index (Phi) is 5.91.